The Balaban J connectivity index is 1.41. The van der Waals surface area contributed by atoms with Gasteiger partial charge in [0.05, 0.1) is 0 Å². The largest absolute Gasteiger partial charge is 0.381 e. The molecular formula is C18H26N2O2S. The Bertz CT molecular complexity index is 513. The number of rotatable bonds is 7. The van der Waals surface area contributed by atoms with E-state index in [9.17, 15) is 4.79 Å². The van der Waals surface area contributed by atoms with E-state index in [0.717, 1.165) is 56.4 Å². The Labute approximate surface area is 142 Å². The van der Waals surface area contributed by atoms with Crippen LogP contribution in [0.5, 0.6) is 0 Å². The molecule has 23 heavy (non-hydrogen) atoms. The van der Waals surface area contributed by atoms with Gasteiger partial charge in [-0.15, -0.1) is 0 Å². The van der Waals surface area contributed by atoms with Gasteiger partial charge in [-0.1, -0.05) is 25.0 Å². The van der Waals surface area contributed by atoms with E-state index in [2.05, 4.69) is 22.8 Å². The van der Waals surface area contributed by atoms with Crippen LogP contribution in [0.25, 0.3) is 0 Å². The smallest absolute Gasteiger partial charge is 0.319 e. The lowest BCUT2D eigenvalue weighted by Crippen LogP contribution is -2.29. The summed E-state index contributed by atoms with van der Waals surface area (Å²) in [5, 5.41) is 6.57. The Morgan fingerprint density at radius 3 is 2.83 bits per heavy atom. The molecule has 4 nitrogen and oxygen atoms in total. The summed E-state index contributed by atoms with van der Waals surface area (Å²) in [6, 6.07) is 8.07. The first-order valence-corrected chi connectivity index (χ1v) is 9.67. The fraction of sp³-hybridized carbons (Fsp3) is 0.611. The quantitative estimate of drug-likeness (QED) is 0.792. The third kappa shape index (κ3) is 6.07. The fourth-order valence-electron chi connectivity index (χ4n) is 2.77. The van der Waals surface area contributed by atoms with Crippen molar-refractivity contribution in [1.29, 1.82) is 0 Å². The minimum Gasteiger partial charge on any atom is -0.381 e. The molecular weight excluding hydrogens is 308 g/mol. The van der Waals surface area contributed by atoms with Gasteiger partial charge in [-0.3, -0.25) is 0 Å². The van der Waals surface area contributed by atoms with Gasteiger partial charge < -0.3 is 15.4 Å². The lowest BCUT2D eigenvalue weighted by molar-refractivity contribution is 0.1000. The highest BCUT2D eigenvalue weighted by atomic mass is 32.2. The number of benzene rings is 1. The standard InChI is InChI=1S/C18H26N2O2S/c21-18(19-9-6-14-4-5-14)20-16-3-1-2-15(12-16)13-23-17-7-10-22-11-8-17/h1-3,12,14,17H,4-11,13H2,(H2,19,20,21). The van der Waals surface area contributed by atoms with Gasteiger partial charge in [-0.05, 0) is 42.9 Å². The average Bonchev–Trinajstić information content (AvgIpc) is 3.39. The molecule has 0 unspecified atom stereocenters. The molecule has 2 fully saturated rings. The second-order valence-electron chi connectivity index (χ2n) is 6.44. The first kappa shape index (κ1) is 16.7. The minimum absolute atomic E-state index is 0.0973. The van der Waals surface area contributed by atoms with Crippen LogP contribution < -0.4 is 10.6 Å². The van der Waals surface area contributed by atoms with E-state index in [1.54, 1.807) is 0 Å². The van der Waals surface area contributed by atoms with Crippen molar-refractivity contribution in [2.45, 2.75) is 43.1 Å². The number of carbonyl (C=O) groups excluding carboxylic acids is 1. The Morgan fingerprint density at radius 2 is 2.04 bits per heavy atom. The van der Waals surface area contributed by atoms with Crippen molar-refractivity contribution in [3.05, 3.63) is 29.8 Å². The zero-order valence-corrected chi connectivity index (χ0v) is 14.4. The highest BCUT2D eigenvalue weighted by Crippen LogP contribution is 2.31. The molecule has 0 radical (unpaired) electrons. The molecule has 1 aromatic rings. The second kappa shape index (κ2) is 8.60. The summed E-state index contributed by atoms with van der Waals surface area (Å²) in [5.41, 5.74) is 2.14. The number of urea groups is 1. The second-order valence-corrected chi connectivity index (χ2v) is 7.72. The predicted molar refractivity (Wildman–Crippen MR) is 95.9 cm³/mol. The molecule has 0 aromatic heterocycles. The zero-order chi connectivity index (χ0) is 15.9. The summed E-state index contributed by atoms with van der Waals surface area (Å²) < 4.78 is 5.40. The van der Waals surface area contributed by atoms with E-state index in [1.165, 1.54) is 18.4 Å². The van der Waals surface area contributed by atoms with Crippen LogP contribution in [-0.4, -0.2) is 31.0 Å². The van der Waals surface area contributed by atoms with Crippen LogP contribution in [0.3, 0.4) is 0 Å². The highest BCUT2D eigenvalue weighted by Gasteiger charge is 2.20. The first-order valence-electron chi connectivity index (χ1n) is 8.63. The topological polar surface area (TPSA) is 50.4 Å². The van der Waals surface area contributed by atoms with Crippen LogP contribution in [-0.2, 0) is 10.5 Å². The van der Waals surface area contributed by atoms with Crippen molar-refractivity contribution >= 4 is 23.5 Å². The molecule has 5 heteroatoms. The van der Waals surface area contributed by atoms with Crippen LogP contribution in [0.2, 0.25) is 0 Å². The third-order valence-corrected chi connectivity index (χ3v) is 5.82. The molecule has 1 aliphatic carbocycles. The van der Waals surface area contributed by atoms with Gasteiger partial charge in [0.1, 0.15) is 0 Å². The van der Waals surface area contributed by atoms with Gasteiger partial charge in [0.25, 0.3) is 0 Å². The van der Waals surface area contributed by atoms with Crippen molar-refractivity contribution in [2.24, 2.45) is 5.92 Å². The third-order valence-electron chi connectivity index (χ3n) is 4.37. The lowest BCUT2D eigenvalue weighted by Gasteiger charge is -2.21. The molecule has 0 atom stereocenters. The van der Waals surface area contributed by atoms with E-state index in [4.69, 9.17) is 4.74 Å². The monoisotopic (exact) mass is 334 g/mol. The van der Waals surface area contributed by atoms with E-state index in [0.29, 0.717) is 5.25 Å². The van der Waals surface area contributed by atoms with Gasteiger partial charge in [0, 0.05) is 36.4 Å². The maximum Gasteiger partial charge on any atom is 0.319 e. The van der Waals surface area contributed by atoms with Crippen LogP contribution >= 0.6 is 11.8 Å². The number of thioether (sulfide) groups is 1. The van der Waals surface area contributed by atoms with Crippen LogP contribution in [0, 0.1) is 5.92 Å². The summed E-state index contributed by atoms with van der Waals surface area (Å²) in [4.78, 5) is 11.9. The Hall–Kier alpha value is -1.20. The average molecular weight is 334 g/mol. The van der Waals surface area contributed by atoms with Crippen LogP contribution in [0.1, 0.15) is 37.7 Å². The molecule has 2 amide bonds. The summed E-state index contributed by atoms with van der Waals surface area (Å²) in [6.45, 7) is 2.55. The lowest BCUT2D eigenvalue weighted by atomic mass is 10.2. The first-order chi connectivity index (χ1) is 11.3. The van der Waals surface area contributed by atoms with Crippen molar-refractivity contribution in [2.75, 3.05) is 25.1 Å². The number of amides is 2. The van der Waals surface area contributed by atoms with Crippen molar-refractivity contribution < 1.29 is 9.53 Å². The summed E-state index contributed by atoms with van der Waals surface area (Å²) in [5.74, 6) is 1.84. The summed E-state index contributed by atoms with van der Waals surface area (Å²) in [6.07, 6.45) is 6.06. The number of hydrogen-bond donors (Lipinski definition) is 2. The maximum atomic E-state index is 11.9. The molecule has 1 aromatic carbocycles. The van der Waals surface area contributed by atoms with E-state index >= 15 is 0 Å². The Morgan fingerprint density at radius 1 is 1.22 bits per heavy atom. The van der Waals surface area contributed by atoms with Gasteiger partial charge in [0.15, 0.2) is 0 Å². The number of ether oxygens (including phenoxy) is 1. The molecule has 1 saturated carbocycles. The van der Waals surface area contributed by atoms with E-state index in [-0.39, 0.29) is 6.03 Å². The SMILES string of the molecule is O=C(NCCC1CC1)Nc1cccc(CSC2CCOCC2)c1. The van der Waals surface area contributed by atoms with Gasteiger partial charge in [0.2, 0.25) is 0 Å². The van der Waals surface area contributed by atoms with Gasteiger partial charge in [-0.2, -0.15) is 11.8 Å². The molecule has 1 heterocycles. The molecule has 1 saturated heterocycles. The molecule has 0 spiro atoms. The van der Waals surface area contributed by atoms with Gasteiger partial charge >= 0.3 is 6.03 Å². The van der Waals surface area contributed by atoms with Crippen molar-refractivity contribution in [3.63, 3.8) is 0 Å². The summed E-state index contributed by atoms with van der Waals surface area (Å²) in [7, 11) is 0. The molecule has 3 rings (SSSR count). The molecule has 126 valence electrons. The molecule has 0 bridgehead atoms. The van der Waals surface area contributed by atoms with Gasteiger partial charge in [-0.25, -0.2) is 4.79 Å². The predicted octanol–water partition coefficient (Wildman–Crippen LogP) is 4.02. The number of nitrogens with one attached hydrogen (secondary N) is 2. The number of anilines is 1. The maximum absolute atomic E-state index is 11.9. The van der Waals surface area contributed by atoms with Crippen molar-refractivity contribution in [3.8, 4) is 0 Å². The van der Waals surface area contributed by atoms with E-state index in [1.807, 2.05) is 23.9 Å². The van der Waals surface area contributed by atoms with E-state index < -0.39 is 0 Å². The van der Waals surface area contributed by atoms with Crippen LogP contribution in [0.4, 0.5) is 10.5 Å². The molecule has 1 aliphatic heterocycles. The minimum atomic E-state index is -0.0973. The molecule has 2 N–H and O–H groups in total. The summed E-state index contributed by atoms with van der Waals surface area (Å²) >= 11 is 1.99. The van der Waals surface area contributed by atoms with Crippen LogP contribution in [0.15, 0.2) is 24.3 Å². The molecule has 2 aliphatic rings. The zero-order valence-electron chi connectivity index (χ0n) is 13.6. The number of carbonyl (C=O) groups is 1. The highest BCUT2D eigenvalue weighted by molar-refractivity contribution is 7.99. The van der Waals surface area contributed by atoms with Crippen molar-refractivity contribution in [1.82, 2.24) is 5.32 Å². The normalized spacial score (nSPS) is 18.6. The Kier molecular flexibility index (Phi) is 6.22. The fourth-order valence-corrected chi connectivity index (χ4v) is 3.90. The number of hydrogen-bond acceptors (Lipinski definition) is 3.